The summed E-state index contributed by atoms with van der Waals surface area (Å²) in [6.45, 7) is 0. The van der Waals surface area contributed by atoms with Crippen molar-refractivity contribution in [3.8, 4) is 10.6 Å². The zero-order valence-corrected chi connectivity index (χ0v) is 11.5. The van der Waals surface area contributed by atoms with Crippen molar-refractivity contribution in [2.24, 2.45) is 0 Å². The van der Waals surface area contributed by atoms with E-state index in [0.717, 1.165) is 21.8 Å². The molecule has 2 nitrogen and oxygen atoms in total. The number of para-hydroxylation sites is 1. The maximum absolute atomic E-state index is 6.05. The average molecular weight is 276 g/mol. The van der Waals surface area contributed by atoms with Gasteiger partial charge in [0.05, 0.1) is 10.2 Å². The van der Waals surface area contributed by atoms with Crippen LogP contribution in [0.5, 0.6) is 0 Å². The zero-order valence-electron chi connectivity index (χ0n) is 10.7. The number of fused-ring (bicyclic) bond motifs is 3. The Morgan fingerprint density at radius 2 is 1.65 bits per heavy atom. The van der Waals surface area contributed by atoms with Crippen molar-refractivity contribution in [3.63, 3.8) is 0 Å². The smallest absolute Gasteiger partial charge is 0.126 e. The second-order valence-corrected chi connectivity index (χ2v) is 5.77. The molecule has 0 aliphatic carbocycles. The molecule has 4 rings (SSSR count). The standard InChI is InChI=1S/C17H12N2S/c18-14-8-4-3-7-13(14)17-19-16-12-6-2-1-5-11(12)9-10-15(16)20-17/h1-10H,18H2. The highest BCUT2D eigenvalue weighted by molar-refractivity contribution is 7.21. The predicted molar refractivity (Wildman–Crippen MR) is 87.0 cm³/mol. The molecule has 0 saturated carbocycles. The average Bonchev–Trinajstić information content (AvgIpc) is 2.92. The Hall–Kier alpha value is -2.39. The largest absolute Gasteiger partial charge is 0.398 e. The minimum Gasteiger partial charge on any atom is -0.398 e. The number of nitrogen functional groups attached to an aromatic ring is 1. The topological polar surface area (TPSA) is 38.9 Å². The molecule has 0 bridgehead atoms. The van der Waals surface area contributed by atoms with Gasteiger partial charge in [-0.3, -0.25) is 0 Å². The molecule has 0 radical (unpaired) electrons. The third-order valence-corrected chi connectivity index (χ3v) is 4.53. The summed E-state index contributed by atoms with van der Waals surface area (Å²) in [5, 5.41) is 3.40. The van der Waals surface area contributed by atoms with E-state index in [4.69, 9.17) is 10.7 Å². The lowest BCUT2D eigenvalue weighted by atomic mass is 10.1. The first-order valence-electron chi connectivity index (χ1n) is 6.46. The minimum absolute atomic E-state index is 0.774. The van der Waals surface area contributed by atoms with Gasteiger partial charge in [0.2, 0.25) is 0 Å². The van der Waals surface area contributed by atoms with Gasteiger partial charge in [0.25, 0.3) is 0 Å². The number of benzene rings is 3. The summed E-state index contributed by atoms with van der Waals surface area (Å²) in [5.41, 5.74) is 8.90. The summed E-state index contributed by atoms with van der Waals surface area (Å²) in [6.07, 6.45) is 0. The van der Waals surface area contributed by atoms with E-state index in [0.29, 0.717) is 0 Å². The monoisotopic (exact) mass is 276 g/mol. The Balaban J connectivity index is 2.04. The molecule has 20 heavy (non-hydrogen) atoms. The Bertz CT molecular complexity index is 924. The number of hydrogen-bond acceptors (Lipinski definition) is 3. The van der Waals surface area contributed by atoms with E-state index in [2.05, 4.69) is 36.4 Å². The first-order valence-corrected chi connectivity index (χ1v) is 7.28. The maximum Gasteiger partial charge on any atom is 0.126 e. The van der Waals surface area contributed by atoms with Crippen molar-refractivity contribution in [1.82, 2.24) is 4.98 Å². The fourth-order valence-corrected chi connectivity index (χ4v) is 3.50. The van der Waals surface area contributed by atoms with Crippen LogP contribution < -0.4 is 5.73 Å². The maximum atomic E-state index is 6.05. The Morgan fingerprint density at radius 3 is 2.55 bits per heavy atom. The zero-order chi connectivity index (χ0) is 13.5. The molecule has 3 aromatic carbocycles. The van der Waals surface area contributed by atoms with E-state index >= 15 is 0 Å². The Labute approximate surface area is 120 Å². The summed E-state index contributed by atoms with van der Waals surface area (Å²) >= 11 is 1.69. The molecular weight excluding hydrogens is 264 g/mol. The first-order chi connectivity index (χ1) is 9.83. The molecule has 0 aliphatic rings. The molecule has 4 aromatic rings. The second-order valence-electron chi connectivity index (χ2n) is 4.74. The van der Waals surface area contributed by atoms with Crippen LogP contribution in [0.1, 0.15) is 0 Å². The van der Waals surface area contributed by atoms with Gasteiger partial charge in [-0.25, -0.2) is 4.98 Å². The van der Waals surface area contributed by atoms with Gasteiger partial charge in [-0.15, -0.1) is 11.3 Å². The van der Waals surface area contributed by atoms with Crippen molar-refractivity contribution < 1.29 is 0 Å². The molecule has 0 spiro atoms. The number of rotatable bonds is 1. The summed E-state index contributed by atoms with van der Waals surface area (Å²) in [5.74, 6) is 0. The van der Waals surface area contributed by atoms with Crippen molar-refractivity contribution in [2.75, 3.05) is 5.73 Å². The molecule has 2 N–H and O–H groups in total. The number of aromatic nitrogens is 1. The molecule has 0 fully saturated rings. The van der Waals surface area contributed by atoms with Crippen LogP contribution in [0.25, 0.3) is 31.6 Å². The van der Waals surface area contributed by atoms with Crippen LogP contribution in [0.4, 0.5) is 5.69 Å². The SMILES string of the molecule is Nc1ccccc1-c1nc2c(ccc3ccccc32)s1. The quantitative estimate of drug-likeness (QED) is 0.512. The highest BCUT2D eigenvalue weighted by atomic mass is 32.1. The first kappa shape index (κ1) is 11.4. The number of anilines is 1. The molecule has 1 aromatic heterocycles. The molecule has 96 valence electrons. The number of nitrogens with zero attached hydrogens (tertiary/aromatic N) is 1. The number of hydrogen-bond donors (Lipinski definition) is 1. The molecule has 1 heterocycles. The molecular formula is C17H12N2S. The summed E-state index contributed by atoms with van der Waals surface area (Å²) in [4.78, 5) is 4.81. The van der Waals surface area contributed by atoms with Gasteiger partial charge < -0.3 is 5.73 Å². The molecule has 3 heteroatoms. The fourth-order valence-electron chi connectivity index (χ4n) is 2.47. The van der Waals surface area contributed by atoms with Gasteiger partial charge in [-0.2, -0.15) is 0 Å². The van der Waals surface area contributed by atoms with E-state index in [9.17, 15) is 0 Å². The van der Waals surface area contributed by atoms with E-state index < -0.39 is 0 Å². The van der Waals surface area contributed by atoms with E-state index in [-0.39, 0.29) is 0 Å². The number of thiazole rings is 1. The van der Waals surface area contributed by atoms with Crippen LogP contribution >= 0.6 is 11.3 Å². The molecule has 0 unspecified atom stereocenters. The second kappa shape index (κ2) is 4.32. The van der Waals surface area contributed by atoms with Crippen LogP contribution in [0.15, 0.2) is 60.7 Å². The third kappa shape index (κ3) is 1.67. The van der Waals surface area contributed by atoms with Crippen LogP contribution in [0.2, 0.25) is 0 Å². The van der Waals surface area contributed by atoms with Gasteiger partial charge in [0.15, 0.2) is 0 Å². The molecule has 0 aliphatic heterocycles. The Morgan fingerprint density at radius 1 is 0.850 bits per heavy atom. The lowest BCUT2D eigenvalue weighted by molar-refractivity contribution is 1.49. The van der Waals surface area contributed by atoms with Crippen molar-refractivity contribution >= 4 is 38.0 Å². The molecule has 0 saturated heterocycles. The lowest BCUT2D eigenvalue weighted by Gasteiger charge is -1.99. The normalized spacial score (nSPS) is 11.2. The minimum atomic E-state index is 0.774. The van der Waals surface area contributed by atoms with Gasteiger partial charge in [-0.1, -0.05) is 42.5 Å². The third-order valence-electron chi connectivity index (χ3n) is 3.47. The highest BCUT2D eigenvalue weighted by Gasteiger charge is 2.10. The van der Waals surface area contributed by atoms with Crippen LogP contribution in [0.3, 0.4) is 0 Å². The van der Waals surface area contributed by atoms with Gasteiger partial charge in [-0.05, 0) is 23.6 Å². The van der Waals surface area contributed by atoms with Crippen molar-refractivity contribution in [3.05, 3.63) is 60.7 Å². The van der Waals surface area contributed by atoms with Crippen LogP contribution in [-0.2, 0) is 0 Å². The van der Waals surface area contributed by atoms with Crippen LogP contribution in [-0.4, -0.2) is 4.98 Å². The predicted octanol–water partition coefficient (Wildman–Crippen LogP) is 4.70. The highest BCUT2D eigenvalue weighted by Crippen LogP contribution is 2.36. The van der Waals surface area contributed by atoms with Crippen molar-refractivity contribution in [1.29, 1.82) is 0 Å². The van der Waals surface area contributed by atoms with Crippen LogP contribution in [0, 0.1) is 0 Å². The molecule has 0 amide bonds. The van der Waals surface area contributed by atoms with E-state index in [1.165, 1.54) is 15.5 Å². The Kier molecular flexibility index (Phi) is 2.47. The van der Waals surface area contributed by atoms with Gasteiger partial charge >= 0.3 is 0 Å². The van der Waals surface area contributed by atoms with Crippen molar-refractivity contribution in [2.45, 2.75) is 0 Å². The molecule has 0 atom stereocenters. The summed E-state index contributed by atoms with van der Waals surface area (Å²) < 4.78 is 1.20. The number of nitrogens with two attached hydrogens (primary N) is 1. The van der Waals surface area contributed by atoms with Gasteiger partial charge in [0.1, 0.15) is 5.01 Å². The van der Waals surface area contributed by atoms with E-state index in [1.54, 1.807) is 11.3 Å². The van der Waals surface area contributed by atoms with E-state index in [1.807, 2.05) is 24.3 Å². The fraction of sp³-hybridized carbons (Fsp3) is 0. The van der Waals surface area contributed by atoms with Gasteiger partial charge in [0, 0.05) is 16.6 Å². The summed E-state index contributed by atoms with van der Waals surface area (Å²) in [7, 11) is 0. The summed E-state index contributed by atoms with van der Waals surface area (Å²) in [6, 6.07) is 20.5. The lowest BCUT2D eigenvalue weighted by Crippen LogP contribution is -1.88.